The van der Waals surface area contributed by atoms with Crippen LogP contribution in [0.15, 0.2) is 12.1 Å². The van der Waals surface area contributed by atoms with Crippen molar-refractivity contribution in [1.82, 2.24) is 0 Å². The van der Waals surface area contributed by atoms with Gasteiger partial charge in [-0.05, 0) is 43.5 Å². The van der Waals surface area contributed by atoms with E-state index in [4.69, 9.17) is 5.11 Å². The largest absolute Gasteiger partial charge is 0.481 e. The summed E-state index contributed by atoms with van der Waals surface area (Å²) < 4.78 is 0. The second-order valence-electron chi connectivity index (χ2n) is 3.82. The second kappa shape index (κ2) is 4.82. The Morgan fingerprint density at radius 1 is 1.20 bits per heavy atom. The van der Waals surface area contributed by atoms with Gasteiger partial charge in [-0.25, -0.2) is 0 Å². The van der Waals surface area contributed by atoms with Gasteiger partial charge in [0.1, 0.15) is 0 Å². The third-order valence-corrected chi connectivity index (χ3v) is 2.50. The molecule has 1 aromatic rings. The first kappa shape index (κ1) is 11.6. The minimum absolute atomic E-state index is 0.145. The molecule has 15 heavy (non-hydrogen) atoms. The first-order valence-corrected chi connectivity index (χ1v) is 5.04. The molecule has 0 aliphatic rings. The SMILES string of the molecule is Cc1cc(C)c(NCCC(=O)O)cc1C. The van der Waals surface area contributed by atoms with Crippen molar-refractivity contribution in [3.63, 3.8) is 0 Å². The molecular weight excluding hydrogens is 190 g/mol. The number of carboxylic acid groups (broad SMARTS) is 1. The highest BCUT2D eigenvalue weighted by atomic mass is 16.4. The molecule has 0 aliphatic carbocycles. The highest BCUT2D eigenvalue weighted by Crippen LogP contribution is 2.19. The molecule has 0 unspecified atom stereocenters. The monoisotopic (exact) mass is 207 g/mol. The van der Waals surface area contributed by atoms with Crippen molar-refractivity contribution >= 4 is 11.7 Å². The van der Waals surface area contributed by atoms with Crippen molar-refractivity contribution in [2.75, 3.05) is 11.9 Å². The van der Waals surface area contributed by atoms with Crippen LogP contribution in [-0.4, -0.2) is 17.6 Å². The fourth-order valence-electron chi connectivity index (χ4n) is 1.46. The lowest BCUT2D eigenvalue weighted by Crippen LogP contribution is -2.08. The number of carbonyl (C=O) groups is 1. The molecule has 0 bridgehead atoms. The average molecular weight is 207 g/mol. The van der Waals surface area contributed by atoms with E-state index in [0.29, 0.717) is 6.54 Å². The van der Waals surface area contributed by atoms with E-state index in [1.165, 1.54) is 11.1 Å². The quantitative estimate of drug-likeness (QED) is 0.797. The molecule has 0 aliphatic heterocycles. The van der Waals surface area contributed by atoms with E-state index >= 15 is 0 Å². The Kier molecular flexibility index (Phi) is 3.72. The van der Waals surface area contributed by atoms with Crippen LogP contribution in [0.5, 0.6) is 0 Å². The molecule has 0 aromatic heterocycles. The van der Waals surface area contributed by atoms with E-state index in [-0.39, 0.29) is 6.42 Å². The molecule has 0 radical (unpaired) electrons. The number of anilines is 1. The molecular formula is C12H17NO2. The molecule has 0 atom stereocenters. The summed E-state index contributed by atoms with van der Waals surface area (Å²) >= 11 is 0. The minimum atomic E-state index is -0.774. The molecule has 2 N–H and O–H groups in total. The maximum atomic E-state index is 10.4. The van der Waals surface area contributed by atoms with Gasteiger partial charge in [0.05, 0.1) is 6.42 Å². The Hall–Kier alpha value is -1.51. The van der Waals surface area contributed by atoms with Gasteiger partial charge >= 0.3 is 5.97 Å². The van der Waals surface area contributed by atoms with Crippen molar-refractivity contribution in [1.29, 1.82) is 0 Å². The summed E-state index contributed by atoms with van der Waals surface area (Å²) in [5.74, 6) is -0.774. The van der Waals surface area contributed by atoms with Crippen LogP contribution < -0.4 is 5.32 Å². The molecule has 0 amide bonds. The molecule has 0 heterocycles. The van der Waals surface area contributed by atoms with Gasteiger partial charge in [-0.3, -0.25) is 4.79 Å². The smallest absolute Gasteiger partial charge is 0.305 e. The number of benzene rings is 1. The van der Waals surface area contributed by atoms with Gasteiger partial charge in [0.15, 0.2) is 0 Å². The predicted octanol–water partition coefficient (Wildman–Crippen LogP) is 2.50. The molecule has 0 saturated heterocycles. The standard InChI is InChI=1S/C12H17NO2/c1-8-6-10(3)11(7-9(8)2)13-5-4-12(14)15/h6-7,13H,4-5H2,1-3H3,(H,14,15). The number of hydrogen-bond acceptors (Lipinski definition) is 2. The van der Waals surface area contributed by atoms with Crippen LogP contribution in [-0.2, 0) is 4.79 Å². The fourth-order valence-corrected chi connectivity index (χ4v) is 1.46. The normalized spacial score (nSPS) is 10.1. The number of nitrogens with one attached hydrogen (secondary N) is 1. The number of aliphatic carboxylic acids is 1. The fraction of sp³-hybridized carbons (Fsp3) is 0.417. The first-order chi connectivity index (χ1) is 7.00. The summed E-state index contributed by atoms with van der Waals surface area (Å²) in [4.78, 5) is 10.4. The Morgan fingerprint density at radius 3 is 2.40 bits per heavy atom. The van der Waals surface area contributed by atoms with Crippen LogP contribution in [0.1, 0.15) is 23.1 Å². The molecule has 0 spiro atoms. The number of hydrogen-bond donors (Lipinski definition) is 2. The van der Waals surface area contributed by atoms with Gasteiger partial charge in [-0.1, -0.05) is 6.07 Å². The minimum Gasteiger partial charge on any atom is -0.481 e. The third kappa shape index (κ3) is 3.27. The van der Waals surface area contributed by atoms with Crippen LogP contribution in [0, 0.1) is 20.8 Å². The van der Waals surface area contributed by atoms with E-state index in [0.717, 1.165) is 11.3 Å². The molecule has 3 heteroatoms. The van der Waals surface area contributed by atoms with Crippen molar-refractivity contribution in [2.45, 2.75) is 27.2 Å². The van der Waals surface area contributed by atoms with Crippen LogP contribution in [0.25, 0.3) is 0 Å². The maximum absolute atomic E-state index is 10.4. The van der Waals surface area contributed by atoms with Crippen LogP contribution in [0.2, 0.25) is 0 Å². The van der Waals surface area contributed by atoms with Crippen molar-refractivity contribution in [3.8, 4) is 0 Å². The van der Waals surface area contributed by atoms with Gasteiger partial charge in [0.25, 0.3) is 0 Å². The number of rotatable bonds is 4. The maximum Gasteiger partial charge on any atom is 0.305 e. The van der Waals surface area contributed by atoms with Crippen molar-refractivity contribution in [2.24, 2.45) is 0 Å². The highest BCUT2D eigenvalue weighted by molar-refractivity contribution is 5.67. The molecule has 3 nitrogen and oxygen atoms in total. The Bertz CT molecular complexity index is 372. The Morgan fingerprint density at radius 2 is 1.80 bits per heavy atom. The van der Waals surface area contributed by atoms with E-state index in [1.54, 1.807) is 0 Å². The van der Waals surface area contributed by atoms with E-state index < -0.39 is 5.97 Å². The average Bonchev–Trinajstić information content (AvgIpc) is 2.13. The lowest BCUT2D eigenvalue weighted by molar-refractivity contribution is -0.136. The summed E-state index contributed by atoms with van der Waals surface area (Å²) in [6.07, 6.45) is 0.145. The zero-order chi connectivity index (χ0) is 11.4. The zero-order valence-corrected chi connectivity index (χ0v) is 9.42. The summed E-state index contributed by atoms with van der Waals surface area (Å²) in [5.41, 5.74) is 4.66. The summed E-state index contributed by atoms with van der Waals surface area (Å²) in [7, 11) is 0. The molecule has 0 fully saturated rings. The third-order valence-electron chi connectivity index (χ3n) is 2.50. The number of aryl methyl sites for hydroxylation is 3. The van der Waals surface area contributed by atoms with E-state index in [2.05, 4.69) is 31.3 Å². The van der Waals surface area contributed by atoms with Gasteiger partial charge in [0, 0.05) is 12.2 Å². The Balaban J connectivity index is 2.69. The molecule has 1 aromatic carbocycles. The molecule has 1 rings (SSSR count). The van der Waals surface area contributed by atoms with Gasteiger partial charge in [-0.15, -0.1) is 0 Å². The van der Waals surface area contributed by atoms with Gasteiger partial charge in [-0.2, -0.15) is 0 Å². The lowest BCUT2D eigenvalue weighted by Gasteiger charge is -2.11. The zero-order valence-electron chi connectivity index (χ0n) is 9.42. The first-order valence-electron chi connectivity index (χ1n) is 5.04. The molecule has 0 saturated carbocycles. The number of carboxylic acids is 1. The summed E-state index contributed by atoms with van der Waals surface area (Å²) in [6.45, 7) is 6.62. The van der Waals surface area contributed by atoms with E-state index in [9.17, 15) is 4.79 Å². The van der Waals surface area contributed by atoms with Crippen molar-refractivity contribution in [3.05, 3.63) is 28.8 Å². The predicted molar refractivity (Wildman–Crippen MR) is 61.4 cm³/mol. The van der Waals surface area contributed by atoms with Gasteiger partial charge < -0.3 is 10.4 Å². The van der Waals surface area contributed by atoms with Crippen molar-refractivity contribution < 1.29 is 9.90 Å². The molecule has 82 valence electrons. The van der Waals surface area contributed by atoms with Gasteiger partial charge in [0.2, 0.25) is 0 Å². The lowest BCUT2D eigenvalue weighted by atomic mass is 10.0. The van der Waals surface area contributed by atoms with E-state index in [1.807, 2.05) is 6.92 Å². The topological polar surface area (TPSA) is 49.3 Å². The summed E-state index contributed by atoms with van der Waals surface area (Å²) in [5, 5.41) is 11.7. The van der Waals surface area contributed by atoms with Crippen LogP contribution >= 0.6 is 0 Å². The van der Waals surface area contributed by atoms with Crippen LogP contribution in [0.3, 0.4) is 0 Å². The highest BCUT2D eigenvalue weighted by Gasteiger charge is 2.02. The van der Waals surface area contributed by atoms with Crippen LogP contribution in [0.4, 0.5) is 5.69 Å². The Labute approximate surface area is 90.1 Å². The second-order valence-corrected chi connectivity index (χ2v) is 3.82. The summed E-state index contributed by atoms with van der Waals surface area (Å²) in [6, 6.07) is 4.17.